The van der Waals surface area contributed by atoms with Crippen molar-refractivity contribution in [3.8, 4) is 5.75 Å². The number of carbonyl (C=O) groups is 2. The van der Waals surface area contributed by atoms with Gasteiger partial charge in [0.05, 0.1) is 12.0 Å². The highest BCUT2D eigenvalue weighted by atomic mass is 32.2. The van der Waals surface area contributed by atoms with Gasteiger partial charge in [0.15, 0.2) is 5.78 Å². The Morgan fingerprint density at radius 1 is 0.966 bits per heavy atom. The van der Waals surface area contributed by atoms with E-state index in [1.54, 1.807) is 43.5 Å². The Hall–Kier alpha value is -2.71. The Kier molecular flexibility index (Phi) is 6.66. The molecule has 154 valence electrons. The van der Waals surface area contributed by atoms with Crippen molar-refractivity contribution >= 4 is 27.4 Å². The third-order valence-corrected chi connectivity index (χ3v) is 6.74. The summed E-state index contributed by atoms with van der Waals surface area (Å²) in [5.74, 6) is 0.228. The predicted octanol–water partition coefficient (Wildman–Crippen LogP) is 3.08. The average molecular weight is 416 g/mol. The third-order valence-electron chi connectivity index (χ3n) is 4.83. The second-order valence-electron chi connectivity index (χ2n) is 6.84. The van der Waals surface area contributed by atoms with Crippen LogP contribution in [0.4, 0.5) is 5.69 Å². The second kappa shape index (κ2) is 9.19. The number of benzene rings is 2. The number of sulfonamides is 1. The van der Waals surface area contributed by atoms with Gasteiger partial charge in [-0.2, -0.15) is 4.31 Å². The van der Waals surface area contributed by atoms with Crippen LogP contribution < -0.4 is 10.1 Å². The number of ketones is 1. The zero-order chi connectivity index (χ0) is 20.9. The van der Waals surface area contributed by atoms with Crippen molar-refractivity contribution in [1.82, 2.24) is 4.31 Å². The molecule has 0 aromatic heterocycles. The van der Waals surface area contributed by atoms with E-state index < -0.39 is 10.0 Å². The lowest BCUT2D eigenvalue weighted by molar-refractivity contribution is -0.116. The SMILES string of the molecule is COc1ccc(C(=O)CCC(=O)Nc2ccc(S(=O)(=O)N3CCCC3)cc2)cc1. The van der Waals surface area contributed by atoms with E-state index in [4.69, 9.17) is 4.74 Å². The first-order chi connectivity index (χ1) is 13.9. The molecule has 2 aromatic carbocycles. The zero-order valence-electron chi connectivity index (χ0n) is 16.3. The number of ether oxygens (including phenoxy) is 1. The van der Waals surface area contributed by atoms with E-state index in [0.717, 1.165) is 12.8 Å². The van der Waals surface area contributed by atoms with E-state index in [1.165, 1.54) is 16.4 Å². The number of anilines is 1. The van der Waals surface area contributed by atoms with Gasteiger partial charge in [0, 0.05) is 37.2 Å². The number of carbonyl (C=O) groups excluding carboxylic acids is 2. The highest BCUT2D eigenvalue weighted by molar-refractivity contribution is 7.89. The summed E-state index contributed by atoms with van der Waals surface area (Å²) < 4.78 is 31.6. The fraction of sp³-hybridized carbons (Fsp3) is 0.333. The van der Waals surface area contributed by atoms with Gasteiger partial charge in [0.1, 0.15) is 5.75 Å². The molecule has 1 fully saturated rings. The molecule has 1 saturated heterocycles. The summed E-state index contributed by atoms with van der Waals surface area (Å²) in [6.07, 6.45) is 1.88. The number of nitrogens with zero attached hydrogens (tertiary/aromatic N) is 1. The van der Waals surface area contributed by atoms with Gasteiger partial charge in [-0.1, -0.05) is 0 Å². The standard InChI is InChI=1S/C21H24N2O5S/c1-28-18-8-4-16(5-9-18)20(24)12-13-21(25)22-17-6-10-19(11-7-17)29(26,27)23-14-2-3-15-23/h4-11H,2-3,12-15H2,1H3,(H,22,25). The molecule has 8 heteroatoms. The smallest absolute Gasteiger partial charge is 0.243 e. The minimum absolute atomic E-state index is 0.0404. The fourth-order valence-electron chi connectivity index (χ4n) is 3.16. The fourth-order valence-corrected chi connectivity index (χ4v) is 4.68. The Labute approximate surface area is 170 Å². The first-order valence-corrected chi connectivity index (χ1v) is 10.9. The molecule has 0 bridgehead atoms. The molecule has 0 unspecified atom stereocenters. The maximum absolute atomic E-state index is 12.5. The second-order valence-corrected chi connectivity index (χ2v) is 8.77. The molecular weight excluding hydrogens is 392 g/mol. The lowest BCUT2D eigenvalue weighted by atomic mass is 10.1. The van der Waals surface area contributed by atoms with Crippen LogP contribution in [0.5, 0.6) is 5.75 Å². The summed E-state index contributed by atoms with van der Waals surface area (Å²) in [6.45, 7) is 1.09. The average Bonchev–Trinajstić information content (AvgIpc) is 3.28. The van der Waals surface area contributed by atoms with Crippen LogP contribution in [0, 0.1) is 0 Å². The Bertz CT molecular complexity index is 963. The third kappa shape index (κ3) is 5.21. The molecule has 2 aromatic rings. The van der Waals surface area contributed by atoms with Gasteiger partial charge in [0.25, 0.3) is 0 Å². The van der Waals surface area contributed by atoms with Gasteiger partial charge >= 0.3 is 0 Å². The molecule has 1 amide bonds. The predicted molar refractivity (Wildman–Crippen MR) is 110 cm³/mol. The van der Waals surface area contributed by atoms with Crippen LogP contribution in [0.15, 0.2) is 53.4 Å². The van der Waals surface area contributed by atoms with Gasteiger partial charge in [-0.3, -0.25) is 9.59 Å². The van der Waals surface area contributed by atoms with Crippen molar-refractivity contribution in [1.29, 1.82) is 0 Å². The van der Waals surface area contributed by atoms with Crippen LogP contribution in [-0.4, -0.2) is 44.6 Å². The number of hydrogen-bond acceptors (Lipinski definition) is 5. The molecule has 1 heterocycles. The van der Waals surface area contributed by atoms with Crippen LogP contribution in [0.25, 0.3) is 0 Å². The number of amides is 1. The summed E-state index contributed by atoms with van der Waals surface area (Å²) in [7, 11) is -1.92. The molecule has 29 heavy (non-hydrogen) atoms. The molecule has 0 aliphatic carbocycles. The number of nitrogens with one attached hydrogen (secondary N) is 1. The Balaban J connectivity index is 1.53. The molecule has 0 atom stereocenters. The molecule has 1 aliphatic rings. The summed E-state index contributed by atoms with van der Waals surface area (Å²) in [5.41, 5.74) is 1.02. The van der Waals surface area contributed by atoms with Crippen molar-refractivity contribution in [3.05, 3.63) is 54.1 Å². The lowest BCUT2D eigenvalue weighted by Crippen LogP contribution is -2.27. The van der Waals surface area contributed by atoms with Crippen LogP contribution in [0.2, 0.25) is 0 Å². The minimum Gasteiger partial charge on any atom is -0.497 e. The summed E-state index contributed by atoms with van der Waals surface area (Å²) >= 11 is 0. The monoisotopic (exact) mass is 416 g/mol. The van der Waals surface area contributed by atoms with Crippen molar-refractivity contribution in [2.75, 3.05) is 25.5 Å². The topological polar surface area (TPSA) is 92.8 Å². The summed E-state index contributed by atoms with van der Waals surface area (Å²) in [6, 6.07) is 12.8. The maximum atomic E-state index is 12.5. The van der Waals surface area contributed by atoms with Crippen LogP contribution in [0.1, 0.15) is 36.0 Å². The van der Waals surface area contributed by atoms with E-state index in [2.05, 4.69) is 5.32 Å². The Morgan fingerprint density at radius 3 is 2.17 bits per heavy atom. The summed E-state index contributed by atoms with van der Waals surface area (Å²) in [4.78, 5) is 24.5. The van der Waals surface area contributed by atoms with E-state index in [-0.39, 0.29) is 29.4 Å². The van der Waals surface area contributed by atoms with Crippen molar-refractivity contribution in [2.24, 2.45) is 0 Å². The molecule has 0 radical (unpaired) electrons. The maximum Gasteiger partial charge on any atom is 0.243 e. The van der Waals surface area contributed by atoms with Crippen LogP contribution in [0.3, 0.4) is 0 Å². The molecule has 0 spiro atoms. The van der Waals surface area contributed by atoms with E-state index in [1.807, 2.05) is 0 Å². The first kappa shape index (κ1) is 21.0. The largest absolute Gasteiger partial charge is 0.497 e. The quantitative estimate of drug-likeness (QED) is 0.668. The molecule has 1 N–H and O–H groups in total. The van der Waals surface area contributed by atoms with E-state index >= 15 is 0 Å². The number of methoxy groups -OCH3 is 1. The number of hydrogen-bond donors (Lipinski definition) is 1. The van der Waals surface area contributed by atoms with Crippen molar-refractivity contribution < 1.29 is 22.7 Å². The highest BCUT2D eigenvalue weighted by Crippen LogP contribution is 2.22. The zero-order valence-corrected chi connectivity index (χ0v) is 17.1. The van der Waals surface area contributed by atoms with Crippen LogP contribution in [-0.2, 0) is 14.8 Å². The highest BCUT2D eigenvalue weighted by Gasteiger charge is 2.26. The van der Waals surface area contributed by atoms with Gasteiger partial charge in [-0.05, 0) is 61.4 Å². The van der Waals surface area contributed by atoms with Crippen LogP contribution >= 0.6 is 0 Å². The Morgan fingerprint density at radius 2 is 1.59 bits per heavy atom. The number of rotatable bonds is 8. The molecule has 3 rings (SSSR count). The van der Waals surface area contributed by atoms with Crippen molar-refractivity contribution in [3.63, 3.8) is 0 Å². The summed E-state index contributed by atoms with van der Waals surface area (Å²) in [5, 5.41) is 2.70. The molecule has 7 nitrogen and oxygen atoms in total. The van der Waals surface area contributed by atoms with Gasteiger partial charge in [-0.25, -0.2) is 8.42 Å². The minimum atomic E-state index is -3.47. The first-order valence-electron chi connectivity index (χ1n) is 9.47. The van der Waals surface area contributed by atoms with E-state index in [0.29, 0.717) is 30.1 Å². The number of Topliss-reactive ketones (excluding diaryl/α,β-unsaturated/α-hetero) is 1. The van der Waals surface area contributed by atoms with Crippen molar-refractivity contribution in [2.45, 2.75) is 30.6 Å². The molecule has 0 saturated carbocycles. The lowest BCUT2D eigenvalue weighted by Gasteiger charge is -2.15. The van der Waals surface area contributed by atoms with Gasteiger partial charge in [0.2, 0.25) is 15.9 Å². The van der Waals surface area contributed by atoms with Gasteiger partial charge in [-0.15, -0.1) is 0 Å². The molecular formula is C21H24N2O5S. The van der Waals surface area contributed by atoms with E-state index in [9.17, 15) is 18.0 Å². The molecule has 1 aliphatic heterocycles. The normalized spacial score (nSPS) is 14.5. The van der Waals surface area contributed by atoms with Gasteiger partial charge < -0.3 is 10.1 Å².